The highest BCUT2D eigenvalue weighted by Gasteiger charge is 2.04. The smallest absolute Gasteiger partial charge is 0.105 e. The Balaban J connectivity index is 1.85. The average molecular weight is 265 g/mol. The molecular formula is C17H31NO. The molecule has 0 fully saturated rings. The standard InChI is InChI=1S/C17H31NO/c1-3-4-5-6-7-8-9-10-13-18-16(2)15-17-12-11-14-19-17/h11-12,14,16,18H,3-10,13,15H2,1-2H3. The van der Waals surface area contributed by atoms with Crippen LogP contribution in [0.25, 0.3) is 0 Å². The number of rotatable bonds is 12. The van der Waals surface area contributed by atoms with E-state index >= 15 is 0 Å². The van der Waals surface area contributed by atoms with Crippen molar-refractivity contribution in [1.29, 1.82) is 0 Å². The molecule has 110 valence electrons. The number of hydrogen-bond acceptors (Lipinski definition) is 2. The van der Waals surface area contributed by atoms with Gasteiger partial charge in [0.1, 0.15) is 5.76 Å². The van der Waals surface area contributed by atoms with E-state index in [1.165, 1.54) is 51.4 Å². The van der Waals surface area contributed by atoms with Crippen molar-refractivity contribution in [2.75, 3.05) is 6.54 Å². The van der Waals surface area contributed by atoms with Gasteiger partial charge in [0.05, 0.1) is 6.26 Å². The highest BCUT2D eigenvalue weighted by atomic mass is 16.3. The van der Waals surface area contributed by atoms with E-state index in [9.17, 15) is 0 Å². The zero-order valence-electron chi connectivity index (χ0n) is 12.8. The highest BCUT2D eigenvalue weighted by molar-refractivity contribution is 4.99. The molecule has 2 nitrogen and oxygen atoms in total. The molecule has 1 heterocycles. The van der Waals surface area contributed by atoms with Crippen LogP contribution in [0.1, 0.15) is 71.0 Å². The topological polar surface area (TPSA) is 25.2 Å². The molecule has 1 atom stereocenters. The SMILES string of the molecule is CCCCCCCCCCNC(C)Cc1ccco1. The van der Waals surface area contributed by atoms with E-state index in [4.69, 9.17) is 4.42 Å². The van der Waals surface area contributed by atoms with Crippen LogP contribution in [0, 0.1) is 0 Å². The first-order chi connectivity index (χ1) is 9.33. The van der Waals surface area contributed by atoms with Gasteiger partial charge in [-0.15, -0.1) is 0 Å². The lowest BCUT2D eigenvalue weighted by Gasteiger charge is -2.12. The minimum Gasteiger partial charge on any atom is -0.469 e. The molecule has 0 spiro atoms. The Bertz CT molecular complexity index is 281. The summed E-state index contributed by atoms with van der Waals surface area (Å²) in [7, 11) is 0. The summed E-state index contributed by atoms with van der Waals surface area (Å²) in [6, 6.07) is 4.52. The van der Waals surface area contributed by atoms with Crippen LogP contribution in [-0.4, -0.2) is 12.6 Å². The third-order valence-corrected chi connectivity index (χ3v) is 3.61. The van der Waals surface area contributed by atoms with Crippen LogP contribution in [0.2, 0.25) is 0 Å². The maximum Gasteiger partial charge on any atom is 0.105 e. The minimum atomic E-state index is 0.510. The fourth-order valence-electron chi connectivity index (χ4n) is 2.41. The molecule has 0 bridgehead atoms. The third kappa shape index (κ3) is 8.88. The van der Waals surface area contributed by atoms with Crippen LogP contribution >= 0.6 is 0 Å². The highest BCUT2D eigenvalue weighted by Crippen LogP contribution is 2.08. The van der Waals surface area contributed by atoms with E-state index in [1.807, 2.05) is 6.07 Å². The number of unbranched alkanes of at least 4 members (excludes halogenated alkanes) is 7. The van der Waals surface area contributed by atoms with Gasteiger partial charge in [-0.1, -0.05) is 51.9 Å². The second-order valence-electron chi connectivity index (χ2n) is 5.61. The van der Waals surface area contributed by atoms with E-state index in [0.717, 1.165) is 18.7 Å². The van der Waals surface area contributed by atoms with Crippen LogP contribution < -0.4 is 5.32 Å². The molecule has 0 aliphatic rings. The van der Waals surface area contributed by atoms with E-state index in [2.05, 4.69) is 25.2 Å². The van der Waals surface area contributed by atoms with Crippen molar-refractivity contribution in [3.05, 3.63) is 24.2 Å². The predicted octanol–water partition coefficient (Wildman–Crippen LogP) is 4.94. The number of hydrogen-bond donors (Lipinski definition) is 1. The van der Waals surface area contributed by atoms with Gasteiger partial charge in [0, 0.05) is 12.5 Å². The Hall–Kier alpha value is -0.760. The maximum atomic E-state index is 5.36. The van der Waals surface area contributed by atoms with Crippen LogP contribution in [0.5, 0.6) is 0 Å². The summed E-state index contributed by atoms with van der Waals surface area (Å²) >= 11 is 0. The Kier molecular flexibility index (Phi) is 9.52. The zero-order chi connectivity index (χ0) is 13.8. The molecule has 2 heteroatoms. The number of furan rings is 1. The van der Waals surface area contributed by atoms with Crippen molar-refractivity contribution in [2.45, 2.75) is 77.7 Å². The molecule has 0 saturated heterocycles. The largest absolute Gasteiger partial charge is 0.469 e. The lowest BCUT2D eigenvalue weighted by Crippen LogP contribution is -2.28. The molecule has 1 aromatic rings. The summed E-state index contributed by atoms with van der Waals surface area (Å²) in [5.41, 5.74) is 0. The van der Waals surface area contributed by atoms with Gasteiger partial charge in [-0.2, -0.15) is 0 Å². The van der Waals surface area contributed by atoms with Gasteiger partial charge in [-0.05, 0) is 32.0 Å². The molecule has 0 aliphatic carbocycles. The van der Waals surface area contributed by atoms with E-state index in [0.29, 0.717) is 6.04 Å². The molecule has 0 aliphatic heterocycles. The molecule has 0 radical (unpaired) electrons. The molecule has 19 heavy (non-hydrogen) atoms. The third-order valence-electron chi connectivity index (χ3n) is 3.61. The van der Waals surface area contributed by atoms with Gasteiger partial charge in [0.15, 0.2) is 0 Å². The van der Waals surface area contributed by atoms with Crippen molar-refractivity contribution in [3.63, 3.8) is 0 Å². The maximum absolute atomic E-state index is 5.36. The van der Waals surface area contributed by atoms with Gasteiger partial charge in [-0.25, -0.2) is 0 Å². The van der Waals surface area contributed by atoms with Gasteiger partial charge < -0.3 is 9.73 Å². The second-order valence-corrected chi connectivity index (χ2v) is 5.61. The molecule has 1 rings (SSSR count). The van der Waals surface area contributed by atoms with Crippen molar-refractivity contribution in [2.24, 2.45) is 0 Å². The van der Waals surface area contributed by atoms with E-state index in [-0.39, 0.29) is 0 Å². The first kappa shape index (κ1) is 16.3. The van der Waals surface area contributed by atoms with Crippen molar-refractivity contribution in [3.8, 4) is 0 Å². The molecule has 0 amide bonds. The summed E-state index contributed by atoms with van der Waals surface area (Å²) in [6.07, 6.45) is 13.8. The summed E-state index contributed by atoms with van der Waals surface area (Å²) in [5.74, 6) is 1.08. The first-order valence-electron chi connectivity index (χ1n) is 8.08. The second kappa shape index (κ2) is 11.1. The van der Waals surface area contributed by atoms with E-state index in [1.54, 1.807) is 6.26 Å². The zero-order valence-corrected chi connectivity index (χ0v) is 12.8. The van der Waals surface area contributed by atoms with Gasteiger partial charge >= 0.3 is 0 Å². The molecular weight excluding hydrogens is 234 g/mol. The lowest BCUT2D eigenvalue weighted by atomic mass is 10.1. The fourth-order valence-corrected chi connectivity index (χ4v) is 2.41. The van der Waals surface area contributed by atoms with Gasteiger partial charge in [0.25, 0.3) is 0 Å². The van der Waals surface area contributed by atoms with Gasteiger partial charge in [-0.3, -0.25) is 0 Å². The summed E-state index contributed by atoms with van der Waals surface area (Å²) in [6.45, 7) is 5.64. The summed E-state index contributed by atoms with van der Waals surface area (Å²) in [4.78, 5) is 0. The van der Waals surface area contributed by atoms with Crippen molar-refractivity contribution >= 4 is 0 Å². The Morgan fingerprint density at radius 3 is 2.37 bits per heavy atom. The van der Waals surface area contributed by atoms with Crippen molar-refractivity contribution in [1.82, 2.24) is 5.32 Å². The minimum absolute atomic E-state index is 0.510. The van der Waals surface area contributed by atoms with Gasteiger partial charge in [0.2, 0.25) is 0 Å². The average Bonchev–Trinajstić information content (AvgIpc) is 2.89. The molecule has 1 unspecified atom stereocenters. The molecule has 1 aromatic heterocycles. The van der Waals surface area contributed by atoms with Crippen LogP contribution in [0.15, 0.2) is 22.8 Å². The molecule has 0 saturated carbocycles. The fraction of sp³-hybridized carbons (Fsp3) is 0.765. The monoisotopic (exact) mass is 265 g/mol. The summed E-state index contributed by atoms with van der Waals surface area (Å²) < 4.78 is 5.36. The predicted molar refractivity (Wildman–Crippen MR) is 82.5 cm³/mol. The molecule has 0 aromatic carbocycles. The summed E-state index contributed by atoms with van der Waals surface area (Å²) in [5, 5.41) is 3.57. The Morgan fingerprint density at radius 2 is 1.74 bits per heavy atom. The Morgan fingerprint density at radius 1 is 1.05 bits per heavy atom. The lowest BCUT2D eigenvalue weighted by molar-refractivity contribution is 0.450. The van der Waals surface area contributed by atoms with Crippen LogP contribution in [0.4, 0.5) is 0 Å². The molecule has 1 N–H and O–H groups in total. The van der Waals surface area contributed by atoms with Crippen LogP contribution in [0.3, 0.4) is 0 Å². The quantitative estimate of drug-likeness (QED) is 0.541. The van der Waals surface area contributed by atoms with Crippen LogP contribution in [-0.2, 0) is 6.42 Å². The normalized spacial score (nSPS) is 12.7. The first-order valence-corrected chi connectivity index (χ1v) is 8.08. The Labute approximate surface area is 119 Å². The number of nitrogens with one attached hydrogen (secondary N) is 1. The van der Waals surface area contributed by atoms with Crippen molar-refractivity contribution < 1.29 is 4.42 Å². The van der Waals surface area contributed by atoms with E-state index < -0.39 is 0 Å².